The van der Waals surface area contributed by atoms with Crippen LogP contribution in [-0.4, -0.2) is 5.78 Å². The van der Waals surface area contributed by atoms with Crippen molar-refractivity contribution in [1.82, 2.24) is 0 Å². The molecule has 0 radical (unpaired) electrons. The summed E-state index contributed by atoms with van der Waals surface area (Å²) in [6.45, 7) is 4.38. The van der Waals surface area contributed by atoms with E-state index in [1.54, 1.807) is 0 Å². The zero-order valence-corrected chi connectivity index (χ0v) is 12.1. The number of hydrogen-bond acceptors (Lipinski definition) is 1. The maximum atomic E-state index is 12.3. The molecule has 0 unspecified atom stereocenters. The first-order valence-electron chi connectivity index (χ1n) is 7.48. The van der Waals surface area contributed by atoms with E-state index in [1.807, 2.05) is 0 Å². The standard InChI is InChI=1S/C18H24O/c1-14(2)16-11-9-15(10-12-16)13-18(19)17-7-5-3-4-6-8-17/h7,9-12,14H,3-6,8,13H2,1-2H3. The van der Waals surface area contributed by atoms with Crippen LogP contribution in [0.4, 0.5) is 0 Å². The van der Waals surface area contributed by atoms with E-state index in [9.17, 15) is 4.79 Å². The Labute approximate surface area is 116 Å². The first kappa shape index (κ1) is 14.0. The highest BCUT2D eigenvalue weighted by atomic mass is 16.1. The van der Waals surface area contributed by atoms with E-state index in [0.717, 1.165) is 24.0 Å². The third kappa shape index (κ3) is 4.05. The molecule has 0 saturated carbocycles. The van der Waals surface area contributed by atoms with Gasteiger partial charge in [0.25, 0.3) is 0 Å². The van der Waals surface area contributed by atoms with Crippen molar-refractivity contribution >= 4 is 5.78 Å². The van der Waals surface area contributed by atoms with E-state index in [0.29, 0.717) is 18.1 Å². The van der Waals surface area contributed by atoms with Crippen LogP contribution in [0.2, 0.25) is 0 Å². The van der Waals surface area contributed by atoms with Gasteiger partial charge in [-0.15, -0.1) is 0 Å². The molecular formula is C18H24O. The normalized spacial score (nSPS) is 16.1. The average molecular weight is 256 g/mol. The molecule has 1 nitrogen and oxygen atoms in total. The highest BCUT2D eigenvalue weighted by Crippen LogP contribution is 2.20. The Morgan fingerprint density at radius 1 is 1.11 bits per heavy atom. The van der Waals surface area contributed by atoms with Crippen LogP contribution >= 0.6 is 0 Å². The Kier molecular flexibility index (Phi) is 4.95. The summed E-state index contributed by atoms with van der Waals surface area (Å²) in [5.74, 6) is 0.869. The molecule has 0 atom stereocenters. The summed E-state index contributed by atoms with van der Waals surface area (Å²) in [5, 5.41) is 0. The SMILES string of the molecule is CC(C)c1ccc(CC(=O)C2=CCCCCC2)cc1. The number of benzene rings is 1. The molecule has 2 rings (SSSR count). The molecule has 0 aromatic heterocycles. The van der Waals surface area contributed by atoms with E-state index in [1.165, 1.54) is 24.8 Å². The predicted octanol–water partition coefficient (Wildman–Crippen LogP) is 4.81. The van der Waals surface area contributed by atoms with Gasteiger partial charge in [-0.3, -0.25) is 4.79 Å². The van der Waals surface area contributed by atoms with Crippen LogP contribution in [0.25, 0.3) is 0 Å². The monoisotopic (exact) mass is 256 g/mol. The molecule has 0 bridgehead atoms. The minimum absolute atomic E-state index is 0.319. The third-order valence-electron chi connectivity index (χ3n) is 3.91. The molecule has 1 aromatic rings. The maximum absolute atomic E-state index is 12.3. The van der Waals surface area contributed by atoms with E-state index in [-0.39, 0.29) is 0 Å². The molecule has 1 heteroatoms. The average Bonchev–Trinajstić information content (AvgIpc) is 2.68. The predicted molar refractivity (Wildman–Crippen MR) is 80.4 cm³/mol. The van der Waals surface area contributed by atoms with Crippen LogP contribution in [0, 0.1) is 0 Å². The molecule has 1 aliphatic carbocycles. The smallest absolute Gasteiger partial charge is 0.162 e. The van der Waals surface area contributed by atoms with Gasteiger partial charge in [-0.25, -0.2) is 0 Å². The lowest BCUT2D eigenvalue weighted by Gasteiger charge is -2.08. The molecule has 1 aromatic carbocycles. The van der Waals surface area contributed by atoms with Crippen molar-refractivity contribution in [2.45, 2.75) is 58.3 Å². The quantitative estimate of drug-likeness (QED) is 0.755. The van der Waals surface area contributed by atoms with E-state index < -0.39 is 0 Å². The molecule has 1 aliphatic rings. The van der Waals surface area contributed by atoms with Gasteiger partial charge in [-0.2, -0.15) is 0 Å². The van der Waals surface area contributed by atoms with E-state index >= 15 is 0 Å². The van der Waals surface area contributed by atoms with E-state index in [4.69, 9.17) is 0 Å². The first-order chi connectivity index (χ1) is 9.16. The van der Waals surface area contributed by atoms with Crippen LogP contribution in [0.15, 0.2) is 35.9 Å². The van der Waals surface area contributed by atoms with Crippen molar-refractivity contribution < 1.29 is 4.79 Å². The minimum Gasteiger partial charge on any atom is -0.294 e. The lowest BCUT2D eigenvalue weighted by molar-refractivity contribution is -0.115. The largest absolute Gasteiger partial charge is 0.294 e. The minimum atomic E-state index is 0.319. The molecule has 0 fully saturated rings. The maximum Gasteiger partial charge on any atom is 0.162 e. The Morgan fingerprint density at radius 3 is 2.53 bits per heavy atom. The van der Waals surface area contributed by atoms with Crippen molar-refractivity contribution in [3.8, 4) is 0 Å². The van der Waals surface area contributed by atoms with Crippen molar-refractivity contribution in [2.75, 3.05) is 0 Å². The van der Waals surface area contributed by atoms with Crippen LogP contribution < -0.4 is 0 Å². The number of allylic oxidation sites excluding steroid dienone is 2. The molecule has 102 valence electrons. The molecular weight excluding hydrogens is 232 g/mol. The van der Waals surface area contributed by atoms with Crippen LogP contribution in [0.3, 0.4) is 0 Å². The Morgan fingerprint density at radius 2 is 1.84 bits per heavy atom. The summed E-state index contributed by atoms with van der Waals surface area (Å²) in [5.41, 5.74) is 3.54. The van der Waals surface area contributed by atoms with E-state index in [2.05, 4.69) is 44.2 Å². The topological polar surface area (TPSA) is 17.1 Å². The zero-order valence-electron chi connectivity index (χ0n) is 12.1. The highest BCUT2D eigenvalue weighted by molar-refractivity contribution is 5.96. The van der Waals surface area contributed by atoms with Gasteiger partial charge >= 0.3 is 0 Å². The van der Waals surface area contributed by atoms with Gasteiger partial charge in [-0.1, -0.05) is 50.6 Å². The van der Waals surface area contributed by atoms with Crippen LogP contribution in [-0.2, 0) is 11.2 Å². The Balaban J connectivity index is 2.00. The van der Waals surface area contributed by atoms with Crippen molar-refractivity contribution in [3.63, 3.8) is 0 Å². The highest BCUT2D eigenvalue weighted by Gasteiger charge is 2.12. The first-order valence-corrected chi connectivity index (χ1v) is 7.48. The lowest BCUT2D eigenvalue weighted by Crippen LogP contribution is -2.06. The number of rotatable bonds is 4. The summed E-state index contributed by atoms with van der Waals surface area (Å²) in [6.07, 6.45) is 8.44. The number of ketones is 1. The summed E-state index contributed by atoms with van der Waals surface area (Å²) in [4.78, 5) is 12.3. The van der Waals surface area contributed by atoms with Crippen molar-refractivity contribution in [3.05, 3.63) is 47.0 Å². The second-order valence-electron chi connectivity index (χ2n) is 5.82. The molecule has 0 saturated heterocycles. The Bertz CT molecular complexity index is 451. The van der Waals surface area contributed by atoms with Gasteiger partial charge in [0.05, 0.1) is 0 Å². The van der Waals surface area contributed by atoms with Crippen LogP contribution in [0.1, 0.15) is 63.0 Å². The van der Waals surface area contributed by atoms with Crippen molar-refractivity contribution in [2.24, 2.45) is 0 Å². The fourth-order valence-corrected chi connectivity index (χ4v) is 2.59. The number of carbonyl (C=O) groups excluding carboxylic acids is 1. The summed E-state index contributed by atoms with van der Waals surface area (Å²) >= 11 is 0. The Hall–Kier alpha value is -1.37. The molecule has 0 N–H and O–H groups in total. The lowest BCUT2D eigenvalue weighted by atomic mass is 9.97. The molecule has 0 amide bonds. The van der Waals surface area contributed by atoms with Gasteiger partial charge in [-0.05, 0) is 48.3 Å². The summed E-state index contributed by atoms with van der Waals surface area (Å²) < 4.78 is 0. The fourth-order valence-electron chi connectivity index (χ4n) is 2.59. The number of hydrogen-bond donors (Lipinski definition) is 0. The summed E-state index contributed by atoms with van der Waals surface area (Å²) in [6, 6.07) is 8.50. The number of carbonyl (C=O) groups is 1. The van der Waals surface area contributed by atoms with Crippen molar-refractivity contribution in [1.29, 1.82) is 0 Å². The third-order valence-corrected chi connectivity index (χ3v) is 3.91. The van der Waals surface area contributed by atoms with Crippen LogP contribution in [0.5, 0.6) is 0 Å². The van der Waals surface area contributed by atoms with Gasteiger partial charge in [0.2, 0.25) is 0 Å². The van der Waals surface area contributed by atoms with Gasteiger partial charge < -0.3 is 0 Å². The number of Topliss-reactive ketones (excluding diaryl/α,β-unsaturated/α-hetero) is 1. The van der Waals surface area contributed by atoms with Gasteiger partial charge in [0.15, 0.2) is 5.78 Å². The van der Waals surface area contributed by atoms with Gasteiger partial charge in [0, 0.05) is 6.42 Å². The molecule has 19 heavy (non-hydrogen) atoms. The van der Waals surface area contributed by atoms with Gasteiger partial charge in [0.1, 0.15) is 0 Å². The molecule has 0 aliphatic heterocycles. The second-order valence-corrected chi connectivity index (χ2v) is 5.82. The summed E-state index contributed by atoms with van der Waals surface area (Å²) in [7, 11) is 0. The zero-order chi connectivity index (χ0) is 13.7. The molecule has 0 spiro atoms. The second kappa shape index (κ2) is 6.70. The molecule has 0 heterocycles. The fraction of sp³-hybridized carbons (Fsp3) is 0.500.